The van der Waals surface area contributed by atoms with Crippen molar-refractivity contribution in [3.8, 4) is 0 Å². The van der Waals surface area contributed by atoms with Crippen molar-refractivity contribution in [2.45, 2.75) is 50.4 Å². The standard InChI is InChI=1S/C21H31N5O4/c1-15-14-17(25(2)23-15)19(27)26-9-6-21(7-10-26,8-13-28-3)20-22-18(30-24-20)16-4-11-29-12-5-16/h14,16H,4-13H2,1-3H3. The molecule has 30 heavy (non-hydrogen) atoms. The fourth-order valence-electron chi connectivity index (χ4n) is 4.55. The van der Waals surface area contributed by atoms with Crippen LogP contribution in [0.3, 0.4) is 0 Å². The second-order valence-corrected chi connectivity index (χ2v) is 8.45. The largest absolute Gasteiger partial charge is 0.385 e. The van der Waals surface area contributed by atoms with Crippen LogP contribution in [0, 0.1) is 6.92 Å². The van der Waals surface area contributed by atoms with Crippen molar-refractivity contribution in [2.24, 2.45) is 7.05 Å². The minimum atomic E-state index is -0.234. The summed E-state index contributed by atoms with van der Waals surface area (Å²) in [4.78, 5) is 19.7. The monoisotopic (exact) mass is 417 g/mol. The topological polar surface area (TPSA) is 95.5 Å². The number of likely N-dealkylation sites (tertiary alicyclic amines) is 1. The number of carbonyl (C=O) groups is 1. The van der Waals surface area contributed by atoms with Crippen molar-refractivity contribution in [1.29, 1.82) is 0 Å². The van der Waals surface area contributed by atoms with Gasteiger partial charge in [-0.05, 0) is 45.1 Å². The van der Waals surface area contributed by atoms with Crippen LogP contribution in [-0.4, -0.2) is 70.7 Å². The molecule has 2 aromatic heterocycles. The Morgan fingerprint density at radius 1 is 1.30 bits per heavy atom. The number of nitrogens with zero attached hydrogens (tertiary/aromatic N) is 5. The van der Waals surface area contributed by atoms with Crippen molar-refractivity contribution < 1.29 is 18.8 Å². The maximum atomic E-state index is 13.0. The van der Waals surface area contributed by atoms with Crippen LogP contribution in [0.5, 0.6) is 0 Å². The molecule has 0 aromatic carbocycles. The van der Waals surface area contributed by atoms with E-state index in [1.165, 1.54) is 0 Å². The van der Waals surface area contributed by atoms with Gasteiger partial charge in [0.15, 0.2) is 5.82 Å². The fraction of sp³-hybridized carbons (Fsp3) is 0.714. The van der Waals surface area contributed by atoms with Gasteiger partial charge in [-0.25, -0.2) is 0 Å². The third kappa shape index (κ3) is 4.13. The average Bonchev–Trinajstić information content (AvgIpc) is 3.40. The van der Waals surface area contributed by atoms with Crippen LogP contribution in [0.15, 0.2) is 10.6 Å². The highest BCUT2D eigenvalue weighted by Crippen LogP contribution is 2.38. The van der Waals surface area contributed by atoms with E-state index >= 15 is 0 Å². The Labute approximate surface area is 176 Å². The molecule has 0 unspecified atom stereocenters. The van der Waals surface area contributed by atoms with E-state index in [2.05, 4.69) is 10.3 Å². The van der Waals surface area contributed by atoms with Crippen LogP contribution in [0.25, 0.3) is 0 Å². The Morgan fingerprint density at radius 3 is 2.67 bits per heavy atom. The quantitative estimate of drug-likeness (QED) is 0.711. The molecular formula is C21H31N5O4. The molecule has 2 aliphatic heterocycles. The molecule has 9 heteroatoms. The zero-order chi connectivity index (χ0) is 21.1. The summed E-state index contributed by atoms with van der Waals surface area (Å²) in [6.45, 7) is 5.29. The highest BCUT2D eigenvalue weighted by Gasteiger charge is 2.42. The van der Waals surface area contributed by atoms with Crippen LogP contribution in [0.1, 0.15) is 65.9 Å². The van der Waals surface area contributed by atoms with E-state index in [0.29, 0.717) is 31.3 Å². The van der Waals surface area contributed by atoms with Gasteiger partial charge in [-0.1, -0.05) is 5.16 Å². The van der Waals surface area contributed by atoms with E-state index in [1.54, 1.807) is 11.8 Å². The average molecular weight is 418 g/mol. The van der Waals surface area contributed by atoms with Gasteiger partial charge in [-0.15, -0.1) is 0 Å². The molecule has 0 spiro atoms. The van der Waals surface area contributed by atoms with E-state index in [4.69, 9.17) is 19.0 Å². The first-order valence-electron chi connectivity index (χ1n) is 10.7. The van der Waals surface area contributed by atoms with Crippen LogP contribution in [0.4, 0.5) is 0 Å². The molecule has 0 bridgehead atoms. The number of amides is 1. The molecule has 0 N–H and O–H groups in total. The molecule has 9 nitrogen and oxygen atoms in total. The van der Waals surface area contributed by atoms with E-state index < -0.39 is 0 Å². The lowest BCUT2D eigenvalue weighted by Gasteiger charge is -2.39. The molecule has 164 valence electrons. The molecule has 4 rings (SSSR count). The minimum Gasteiger partial charge on any atom is -0.385 e. The summed E-state index contributed by atoms with van der Waals surface area (Å²) in [5, 5.41) is 8.69. The number of carbonyl (C=O) groups excluding carboxylic acids is 1. The molecule has 0 saturated carbocycles. The number of hydrogen-bond donors (Lipinski definition) is 0. The number of methoxy groups -OCH3 is 1. The smallest absolute Gasteiger partial charge is 0.272 e. The van der Waals surface area contributed by atoms with Crippen molar-refractivity contribution in [3.63, 3.8) is 0 Å². The predicted octanol–water partition coefficient (Wildman–Crippen LogP) is 2.22. The van der Waals surface area contributed by atoms with Crippen LogP contribution < -0.4 is 0 Å². The Balaban J connectivity index is 1.49. The van der Waals surface area contributed by atoms with E-state index in [-0.39, 0.29) is 17.2 Å². The summed E-state index contributed by atoms with van der Waals surface area (Å²) in [6.07, 6.45) is 4.21. The molecule has 0 radical (unpaired) electrons. The second kappa shape index (κ2) is 8.85. The Hall–Kier alpha value is -2.26. The van der Waals surface area contributed by atoms with Gasteiger partial charge in [-0.2, -0.15) is 10.1 Å². The number of rotatable bonds is 6. The van der Waals surface area contributed by atoms with Crippen molar-refractivity contribution in [2.75, 3.05) is 40.0 Å². The Morgan fingerprint density at radius 2 is 2.03 bits per heavy atom. The lowest BCUT2D eigenvalue weighted by molar-refractivity contribution is 0.0605. The summed E-state index contributed by atoms with van der Waals surface area (Å²) in [7, 11) is 3.52. The maximum Gasteiger partial charge on any atom is 0.272 e. The predicted molar refractivity (Wildman–Crippen MR) is 108 cm³/mol. The molecule has 1 amide bonds. The lowest BCUT2D eigenvalue weighted by atomic mass is 9.75. The molecule has 2 saturated heterocycles. The first-order valence-corrected chi connectivity index (χ1v) is 10.7. The normalized spacial score (nSPS) is 19.9. The molecule has 4 heterocycles. The van der Waals surface area contributed by atoms with Gasteiger partial charge in [0.05, 0.1) is 5.69 Å². The highest BCUT2D eigenvalue weighted by atomic mass is 16.5. The summed E-state index contributed by atoms with van der Waals surface area (Å²) in [5.41, 5.74) is 1.24. The van der Waals surface area contributed by atoms with Gasteiger partial charge < -0.3 is 18.9 Å². The number of ether oxygens (including phenoxy) is 2. The van der Waals surface area contributed by atoms with Crippen LogP contribution in [-0.2, 0) is 21.9 Å². The molecule has 0 atom stereocenters. The Bertz CT molecular complexity index is 863. The van der Waals surface area contributed by atoms with Gasteiger partial charge in [0.2, 0.25) is 5.89 Å². The Kier molecular flexibility index (Phi) is 6.19. The first kappa shape index (κ1) is 21.0. The SMILES string of the molecule is COCCC1(c2noc(C3CCOCC3)n2)CCN(C(=O)c2cc(C)nn2C)CC1. The summed E-state index contributed by atoms with van der Waals surface area (Å²) >= 11 is 0. The molecule has 0 aliphatic carbocycles. The third-order valence-corrected chi connectivity index (χ3v) is 6.50. The van der Waals surface area contributed by atoms with Crippen LogP contribution >= 0.6 is 0 Å². The maximum absolute atomic E-state index is 13.0. The van der Waals surface area contributed by atoms with Crippen molar-refractivity contribution in [1.82, 2.24) is 24.8 Å². The molecule has 2 aromatic rings. The summed E-state index contributed by atoms with van der Waals surface area (Å²) < 4.78 is 18.2. The highest BCUT2D eigenvalue weighted by molar-refractivity contribution is 5.92. The fourth-order valence-corrected chi connectivity index (χ4v) is 4.55. The molecular weight excluding hydrogens is 386 g/mol. The zero-order valence-electron chi connectivity index (χ0n) is 18.1. The van der Waals surface area contributed by atoms with Gasteiger partial charge >= 0.3 is 0 Å². The van der Waals surface area contributed by atoms with Gasteiger partial charge in [-0.3, -0.25) is 9.48 Å². The molecule has 2 fully saturated rings. The van der Waals surface area contributed by atoms with E-state index in [1.807, 2.05) is 24.9 Å². The number of aryl methyl sites for hydroxylation is 2. The van der Waals surface area contributed by atoms with E-state index in [0.717, 1.165) is 56.8 Å². The van der Waals surface area contributed by atoms with Gasteiger partial charge in [0.25, 0.3) is 5.91 Å². The van der Waals surface area contributed by atoms with Gasteiger partial charge in [0.1, 0.15) is 5.69 Å². The molecule has 2 aliphatic rings. The van der Waals surface area contributed by atoms with Crippen molar-refractivity contribution >= 4 is 5.91 Å². The van der Waals surface area contributed by atoms with Crippen LogP contribution in [0.2, 0.25) is 0 Å². The third-order valence-electron chi connectivity index (χ3n) is 6.50. The van der Waals surface area contributed by atoms with Gasteiger partial charge in [0, 0.05) is 58.4 Å². The lowest BCUT2D eigenvalue weighted by Crippen LogP contribution is -2.46. The second-order valence-electron chi connectivity index (χ2n) is 8.45. The summed E-state index contributed by atoms with van der Waals surface area (Å²) in [6, 6.07) is 1.84. The number of piperidine rings is 1. The number of aromatic nitrogens is 4. The first-order chi connectivity index (χ1) is 14.5. The van der Waals surface area contributed by atoms with Crippen molar-refractivity contribution in [3.05, 3.63) is 29.2 Å². The zero-order valence-corrected chi connectivity index (χ0v) is 18.1. The van der Waals surface area contributed by atoms with E-state index in [9.17, 15) is 4.79 Å². The summed E-state index contributed by atoms with van der Waals surface area (Å²) in [5.74, 6) is 1.77. The minimum absolute atomic E-state index is 0.0226. The number of hydrogen-bond acceptors (Lipinski definition) is 7.